The lowest BCUT2D eigenvalue weighted by molar-refractivity contribution is -0.138. The summed E-state index contributed by atoms with van der Waals surface area (Å²) >= 11 is 0. The Bertz CT molecular complexity index is 1020. The third-order valence-corrected chi connectivity index (χ3v) is 7.31. The van der Waals surface area contributed by atoms with Crippen LogP contribution in [0.2, 0.25) is 0 Å². The zero-order valence-electron chi connectivity index (χ0n) is 20.2. The standard InChI is InChI=1S/C28H34N2O5/c1-2-18(15-27(32)33)16-29-26(31)14-19-11-12-20(13-19)30-28(34)35-17-25-23-9-5-3-7-21(23)22-8-4-6-10-24(22)25/h3-10,18-20,25H,2,11-17H2,1H3,(H,29,31)(H,30,34)(H,32,33)/t18?,19-,20+/m0/s1. The molecule has 0 saturated heterocycles. The number of fused-ring (bicyclic) bond motifs is 3. The highest BCUT2D eigenvalue weighted by molar-refractivity contribution is 5.79. The van der Waals surface area contributed by atoms with Gasteiger partial charge in [0.15, 0.2) is 0 Å². The van der Waals surface area contributed by atoms with Crippen LogP contribution in [0.15, 0.2) is 48.5 Å². The molecule has 2 aliphatic carbocycles. The summed E-state index contributed by atoms with van der Waals surface area (Å²) in [5.74, 6) is -0.720. The van der Waals surface area contributed by atoms with Gasteiger partial charge < -0.3 is 20.5 Å². The topological polar surface area (TPSA) is 105 Å². The summed E-state index contributed by atoms with van der Waals surface area (Å²) in [6.07, 6.45) is 3.18. The van der Waals surface area contributed by atoms with Gasteiger partial charge in [-0.05, 0) is 53.4 Å². The van der Waals surface area contributed by atoms with Crippen molar-refractivity contribution in [2.75, 3.05) is 13.2 Å². The summed E-state index contributed by atoms with van der Waals surface area (Å²) in [5.41, 5.74) is 4.76. The first-order valence-electron chi connectivity index (χ1n) is 12.5. The molecule has 1 saturated carbocycles. The van der Waals surface area contributed by atoms with Crippen molar-refractivity contribution in [3.63, 3.8) is 0 Å². The third-order valence-electron chi connectivity index (χ3n) is 7.31. The smallest absolute Gasteiger partial charge is 0.407 e. The van der Waals surface area contributed by atoms with Crippen LogP contribution in [0.1, 0.15) is 62.5 Å². The number of benzene rings is 2. The number of carboxylic acid groups (broad SMARTS) is 1. The molecule has 2 aromatic carbocycles. The Morgan fingerprint density at radius 3 is 2.31 bits per heavy atom. The minimum atomic E-state index is -0.843. The lowest BCUT2D eigenvalue weighted by atomic mass is 9.98. The van der Waals surface area contributed by atoms with Crippen LogP contribution in [0, 0.1) is 11.8 Å². The van der Waals surface area contributed by atoms with Gasteiger partial charge in [-0.25, -0.2) is 4.79 Å². The number of amides is 2. The lowest BCUT2D eigenvalue weighted by Crippen LogP contribution is -2.34. The number of ether oxygens (including phenoxy) is 1. The van der Waals surface area contributed by atoms with E-state index >= 15 is 0 Å². The molecule has 0 aliphatic heterocycles. The second-order valence-corrected chi connectivity index (χ2v) is 9.73. The first-order valence-corrected chi connectivity index (χ1v) is 12.5. The maximum atomic E-state index is 12.5. The maximum absolute atomic E-state index is 12.5. The fourth-order valence-electron chi connectivity index (χ4n) is 5.40. The van der Waals surface area contributed by atoms with Crippen LogP contribution in [0.5, 0.6) is 0 Å². The van der Waals surface area contributed by atoms with Gasteiger partial charge in [0.25, 0.3) is 0 Å². The Labute approximate surface area is 206 Å². The zero-order chi connectivity index (χ0) is 24.8. The van der Waals surface area contributed by atoms with E-state index in [-0.39, 0.29) is 42.7 Å². The number of carbonyl (C=O) groups excluding carboxylic acids is 2. The van der Waals surface area contributed by atoms with E-state index in [0.717, 1.165) is 19.3 Å². The summed E-state index contributed by atoms with van der Waals surface area (Å²) in [6, 6.07) is 16.5. The van der Waals surface area contributed by atoms with Crippen molar-refractivity contribution >= 4 is 18.0 Å². The quantitative estimate of drug-likeness (QED) is 0.459. The molecule has 2 aromatic rings. The second kappa shape index (κ2) is 11.4. The molecule has 1 fully saturated rings. The summed E-state index contributed by atoms with van der Waals surface area (Å²) in [6.45, 7) is 2.60. The van der Waals surface area contributed by atoms with E-state index in [4.69, 9.17) is 9.84 Å². The summed E-state index contributed by atoms with van der Waals surface area (Å²) < 4.78 is 5.65. The largest absolute Gasteiger partial charge is 0.481 e. The highest BCUT2D eigenvalue weighted by Gasteiger charge is 2.31. The molecule has 0 spiro atoms. The Kier molecular flexibility index (Phi) is 8.06. The maximum Gasteiger partial charge on any atom is 0.407 e. The molecule has 0 aromatic heterocycles. The molecule has 3 atom stereocenters. The van der Waals surface area contributed by atoms with Crippen LogP contribution in [-0.4, -0.2) is 42.3 Å². The average Bonchev–Trinajstić information content (AvgIpc) is 3.41. The number of hydrogen-bond acceptors (Lipinski definition) is 4. The molecule has 3 N–H and O–H groups in total. The normalized spacial score (nSPS) is 19.5. The molecule has 2 amide bonds. The summed E-state index contributed by atoms with van der Waals surface area (Å²) in [5, 5.41) is 14.8. The van der Waals surface area contributed by atoms with Crippen molar-refractivity contribution in [2.45, 2.75) is 57.4 Å². The highest BCUT2D eigenvalue weighted by atomic mass is 16.5. The Hall–Kier alpha value is -3.35. The van der Waals surface area contributed by atoms with Gasteiger partial charge in [-0.1, -0.05) is 61.9 Å². The Balaban J connectivity index is 1.21. The van der Waals surface area contributed by atoms with E-state index in [1.807, 2.05) is 31.2 Å². The molecule has 35 heavy (non-hydrogen) atoms. The van der Waals surface area contributed by atoms with Crippen molar-refractivity contribution < 1.29 is 24.2 Å². The van der Waals surface area contributed by atoms with Crippen LogP contribution < -0.4 is 10.6 Å². The van der Waals surface area contributed by atoms with Gasteiger partial charge in [0, 0.05) is 31.3 Å². The zero-order valence-corrected chi connectivity index (χ0v) is 20.2. The molecule has 0 heterocycles. The molecule has 0 radical (unpaired) electrons. The fraction of sp³-hybridized carbons (Fsp3) is 0.464. The predicted octanol–water partition coefficient (Wildman–Crippen LogP) is 4.70. The van der Waals surface area contributed by atoms with Gasteiger partial charge in [0.05, 0.1) is 0 Å². The van der Waals surface area contributed by atoms with Crippen LogP contribution in [0.3, 0.4) is 0 Å². The molecule has 7 nitrogen and oxygen atoms in total. The molecule has 186 valence electrons. The molecule has 0 bridgehead atoms. The van der Waals surface area contributed by atoms with E-state index in [9.17, 15) is 14.4 Å². The summed E-state index contributed by atoms with van der Waals surface area (Å²) in [7, 11) is 0. The van der Waals surface area contributed by atoms with Crippen molar-refractivity contribution in [1.82, 2.24) is 10.6 Å². The van der Waals surface area contributed by atoms with Crippen LogP contribution in [0.25, 0.3) is 11.1 Å². The molecule has 1 unspecified atom stereocenters. The number of aliphatic carboxylic acids is 1. The first-order chi connectivity index (χ1) is 16.9. The van der Waals surface area contributed by atoms with Gasteiger partial charge in [-0.3, -0.25) is 9.59 Å². The molecular formula is C28H34N2O5. The van der Waals surface area contributed by atoms with Gasteiger partial charge in [-0.15, -0.1) is 0 Å². The third kappa shape index (κ3) is 6.21. The monoisotopic (exact) mass is 478 g/mol. The minimum Gasteiger partial charge on any atom is -0.481 e. The van der Waals surface area contributed by atoms with Crippen molar-refractivity contribution in [3.05, 3.63) is 59.7 Å². The predicted molar refractivity (Wildman–Crippen MR) is 133 cm³/mol. The van der Waals surface area contributed by atoms with E-state index in [2.05, 4.69) is 34.9 Å². The fourth-order valence-corrected chi connectivity index (χ4v) is 5.40. The molecular weight excluding hydrogens is 444 g/mol. The second-order valence-electron chi connectivity index (χ2n) is 9.73. The van der Waals surface area contributed by atoms with E-state index in [1.165, 1.54) is 22.3 Å². The number of carbonyl (C=O) groups is 3. The van der Waals surface area contributed by atoms with E-state index in [1.54, 1.807) is 0 Å². The number of alkyl carbamates (subject to hydrolysis) is 1. The number of rotatable bonds is 10. The Morgan fingerprint density at radius 1 is 1.03 bits per heavy atom. The highest BCUT2D eigenvalue weighted by Crippen LogP contribution is 2.44. The van der Waals surface area contributed by atoms with E-state index in [0.29, 0.717) is 19.4 Å². The van der Waals surface area contributed by atoms with Crippen molar-refractivity contribution in [2.24, 2.45) is 11.8 Å². The van der Waals surface area contributed by atoms with Crippen LogP contribution in [0.4, 0.5) is 4.79 Å². The van der Waals surface area contributed by atoms with Crippen molar-refractivity contribution in [1.29, 1.82) is 0 Å². The minimum absolute atomic E-state index is 0.00106. The van der Waals surface area contributed by atoms with Crippen LogP contribution >= 0.6 is 0 Å². The van der Waals surface area contributed by atoms with Gasteiger partial charge in [0.1, 0.15) is 6.61 Å². The Morgan fingerprint density at radius 2 is 1.69 bits per heavy atom. The number of carboxylic acids is 1. The van der Waals surface area contributed by atoms with Crippen LogP contribution in [-0.2, 0) is 14.3 Å². The molecule has 2 aliphatic rings. The number of hydrogen-bond donors (Lipinski definition) is 3. The average molecular weight is 479 g/mol. The molecule has 4 rings (SSSR count). The number of nitrogens with one attached hydrogen (secondary N) is 2. The van der Waals surface area contributed by atoms with Crippen molar-refractivity contribution in [3.8, 4) is 11.1 Å². The molecule has 7 heteroatoms. The van der Waals surface area contributed by atoms with Gasteiger partial charge in [0.2, 0.25) is 5.91 Å². The SMILES string of the molecule is CCC(CNC(=O)C[C@H]1CC[C@@H](NC(=O)OCC2c3ccccc3-c3ccccc32)C1)CC(=O)O. The summed E-state index contributed by atoms with van der Waals surface area (Å²) in [4.78, 5) is 35.7. The lowest BCUT2D eigenvalue weighted by Gasteiger charge is -2.17. The van der Waals surface area contributed by atoms with Gasteiger partial charge in [-0.2, -0.15) is 0 Å². The first kappa shape index (κ1) is 24.8. The van der Waals surface area contributed by atoms with E-state index < -0.39 is 12.1 Å². The van der Waals surface area contributed by atoms with Gasteiger partial charge >= 0.3 is 12.1 Å².